The van der Waals surface area contributed by atoms with E-state index in [0.717, 1.165) is 5.75 Å². The SMILES string of the molecule is N=C(N)N(C1CC1)[C@H]1CCSC1. The van der Waals surface area contributed by atoms with Crippen molar-refractivity contribution in [2.75, 3.05) is 11.5 Å². The van der Waals surface area contributed by atoms with Gasteiger partial charge in [0.2, 0.25) is 0 Å². The predicted octanol–water partition coefficient (Wildman–Crippen LogP) is 0.850. The molecular formula is C8H15N3S. The number of rotatable bonds is 2. The number of nitrogens with zero attached hydrogens (tertiary/aromatic N) is 1. The van der Waals surface area contributed by atoms with Crippen LogP contribution in [-0.4, -0.2) is 34.4 Å². The fourth-order valence-electron chi connectivity index (χ4n) is 1.79. The van der Waals surface area contributed by atoms with Crippen LogP contribution in [0.5, 0.6) is 0 Å². The summed E-state index contributed by atoms with van der Waals surface area (Å²) in [6.45, 7) is 0. The highest BCUT2D eigenvalue weighted by atomic mass is 32.2. The second-order valence-corrected chi connectivity index (χ2v) is 4.69. The van der Waals surface area contributed by atoms with Gasteiger partial charge in [0, 0.05) is 17.8 Å². The van der Waals surface area contributed by atoms with E-state index >= 15 is 0 Å². The third-order valence-electron chi connectivity index (χ3n) is 2.52. The van der Waals surface area contributed by atoms with Gasteiger partial charge in [-0.15, -0.1) is 0 Å². The summed E-state index contributed by atoms with van der Waals surface area (Å²) >= 11 is 1.98. The van der Waals surface area contributed by atoms with E-state index in [4.69, 9.17) is 11.1 Å². The molecule has 1 heterocycles. The van der Waals surface area contributed by atoms with Gasteiger partial charge in [0.25, 0.3) is 0 Å². The fraction of sp³-hybridized carbons (Fsp3) is 0.875. The maximum atomic E-state index is 7.48. The number of nitrogens with two attached hydrogens (primary N) is 1. The Labute approximate surface area is 77.2 Å². The van der Waals surface area contributed by atoms with E-state index < -0.39 is 0 Å². The number of thioether (sulfide) groups is 1. The Morgan fingerprint density at radius 2 is 2.08 bits per heavy atom. The molecule has 0 bridgehead atoms. The van der Waals surface area contributed by atoms with Gasteiger partial charge in [-0.05, 0) is 25.0 Å². The molecule has 3 N–H and O–H groups in total. The van der Waals surface area contributed by atoms with Crippen molar-refractivity contribution in [1.82, 2.24) is 4.90 Å². The van der Waals surface area contributed by atoms with Crippen molar-refractivity contribution in [3.05, 3.63) is 0 Å². The van der Waals surface area contributed by atoms with Crippen molar-refractivity contribution in [2.45, 2.75) is 31.3 Å². The van der Waals surface area contributed by atoms with E-state index in [0.29, 0.717) is 12.1 Å². The molecule has 3 nitrogen and oxygen atoms in total. The quantitative estimate of drug-likeness (QED) is 0.495. The zero-order chi connectivity index (χ0) is 8.55. The highest BCUT2D eigenvalue weighted by Crippen LogP contribution is 2.32. The zero-order valence-electron chi connectivity index (χ0n) is 7.12. The molecule has 0 aromatic rings. The maximum absolute atomic E-state index is 7.48. The number of nitrogens with one attached hydrogen (secondary N) is 1. The molecule has 68 valence electrons. The average molecular weight is 185 g/mol. The van der Waals surface area contributed by atoms with E-state index in [2.05, 4.69) is 4.90 Å². The number of hydrogen-bond donors (Lipinski definition) is 2. The van der Waals surface area contributed by atoms with Crippen LogP contribution in [0.3, 0.4) is 0 Å². The van der Waals surface area contributed by atoms with Crippen molar-refractivity contribution in [3.8, 4) is 0 Å². The van der Waals surface area contributed by atoms with Crippen LogP contribution in [-0.2, 0) is 0 Å². The minimum atomic E-state index is 0.282. The summed E-state index contributed by atoms with van der Waals surface area (Å²) in [7, 11) is 0. The molecule has 1 saturated carbocycles. The molecule has 0 spiro atoms. The minimum Gasteiger partial charge on any atom is -0.370 e. The van der Waals surface area contributed by atoms with Gasteiger partial charge in [0.1, 0.15) is 0 Å². The van der Waals surface area contributed by atoms with Crippen LogP contribution in [0.1, 0.15) is 19.3 Å². The maximum Gasteiger partial charge on any atom is 0.188 e. The normalized spacial score (nSPS) is 28.8. The standard InChI is InChI=1S/C8H15N3S/c9-8(10)11(6-1-2-6)7-3-4-12-5-7/h6-7H,1-5H2,(H3,9,10)/t7-/m0/s1. The first-order valence-electron chi connectivity index (χ1n) is 4.49. The molecule has 0 radical (unpaired) electrons. The van der Waals surface area contributed by atoms with Crippen LogP contribution in [0.4, 0.5) is 0 Å². The molecule has 0 unspecified atom stereocenters. The first kappa shape index (κ1) is 8.23. The Kier molecular flexibility index (Phi) is 2.17. The van der Waals surface area contributed by atoms with Gasteiger partial charge < -0.3 is 10.6 Å². The lowest BCUT2D eigenvalue weighted by Gasteiger charge is -2.28. The third kappa shape index (κ3) is 1.53. The molecule has 1 atom stereocenters. The van der Waals surface area contributed by atoms with E-state index in [1.807, 2.05) is 11.8 Å². The smallest absolute Gasteiger partial charge is 0.188 e. The minimum absolute atomic E-state index is 0.282. The molecule has 12 heavy (non-hydrogen) atoms. The molecule has 1 saturated heterocycles. The van der Waals surface area contributed by atoms with Gasteiger partial charge in [0.05, 0.1) is 0 Å². The largest absolute Gasteiger partial charge is 0.370 e. The summed E-state index contributed by atoms with van der Waals surface area (Å²) in [4.78, 5) is 2.12. The van der Waals surface area contributed by atoms with Crippen LogP contribution < -0.4 is 5.73 Å². The second kappa shape index (κ2) is 3.17. The molecule has 2 aliphatic rings. The topological polar surface area (TPSA) is 53.1 Å². The lowest BCUT2D eigenvalue weighted by molar-refractivity contribution is 0.320. The number of hydrogen-bond acceptors (Lipinski definition) is 2. The Morgan fingerprint density at radius 1 is 1.33 bits per heavy atom. The Morgan fingerprint density at radius 3 is 2.50 bits per heavy atom. The van der Waals surface area contributed by atoms with Gasteiger partial charge in [-0.3, -0.25) is 5.41 Å². The summed E-state index contributed by atoms with van der Waals surface area (Å²) in [5.41, 5.74) is 5.56. The van der Waals surface area contributed by atoms with Gasteiger partial charge in [-0.25, -0.2) is 0 Å². The fourth-order valence-corrected chi connectivity index (χ4v) is 2.99. The summed E-state index contributed by atoms with van der Waals surface area (Å²) in [5, 5.41) is 7.48. The Bertz CT molecular complexity index is 185. The first-order chi connectivity index (χ1) is 5.79. The summed E-state index contributed by atoms with van der Waals surface area (Å²) in [6, 6.07) is 1.16. The van der Waals surface area contributed by atoms with Crippen LogP contribution in [0.15, 0.2) is 0 Å². The summed E-state index contributed by atoms with van der Waals surface area (Å²) < 4.78 is 0. The second-order valence-electron chi connectivity index (χ2n) is 3.54. The van der Waals surface area contributed by atoms with Gasteiger partial charge in [-0.2, -0.15) is 11.8 Å². The molecular weight excluding hydrogens is 170 g/mol. The van der Waals surface area contributed by atoms with Crippen LogP contribution in [0.2, 0.25) is 0 Å². The molecule has 2 fully saturated rings. The Balaban J connectivity index is 1.99. The van der Waals surface area contributed by atoms with E-state index in [9.17, 15) is 0 Å². The van der Waals surface area contributed by atoms with Crippen molar-refractivity contribution >= 4 is 17.7 Å². The molecule has 2 rings (SSSR count). The Hall–Kier alpha value is -0.380. The summed E-state index contributed by atoms with van der Waals surface area (Å²) in [6.07, 6.45) is 3.68. The van der Waals surface area contributed by atoms with Gasteiger partial charge in [-0.1, -0.05) is 0 Å². The van der Waals surface area contributed by atoms with Crippen LogP contribution in [0, 0.1) is 5.41 Å². The van der Waals surface area contributed by atoms with E-state index in [1.165, 1.54) is 25.0 Å². The third-order valence-corrected chi connectivity index (χ3v) is 3.66. The van der Waals surface area contributed by atoms with Crippen molar-refractivity contribution in [2.24, 2.45) is 5.73 Å². The molecule has 4 heteroatoms. The molecule has 0 aromatic heterocycles. The van der Waals surface area contributed by atoms with Crippen LogP contribution >= 0.6 is 11.8 Å². The highest BCUT2D eigenvalue weighted by molar-refractivity contribution is 7.99. The molecule has 0 aromatic carbocycles. The lowest BCUT2D eigenvalue weighted by atomic mass is 10.2. The van der Waals surface area contributed by atoms with Crippen LogP contribution in [0.25, 0.3) is 0 Å². The van der Waals surface area contributed by atoms with Gasteiger partial charge >= 0.3 is 0 Å². The zero-order valence-corrected chi connectivity index (χ0v) is 7.94. The van der Waals surface area contributed by atoms with Crippen molar-refractivity contribution in [1.29, 1.82) is 5.41 Å². The first-order valence-corrected chi connectivity index (χ1v) is 5.64. The monoisotopic (exact) mass is 185 g/mol. The van der Waals surface area contributed by atoms with E-state index in [1.54, 1.807) is 0 Å². The van der Waals surface area contributed by atoms with Gasteiger partial charge in [0.15, 0.2) is 5.96 Å². The van der Waals surface area contributed by atoms with Crippen molar-refractivity contribution in [3.63, 3.8) is 0 Å². The van der Waals surface area contributed by atoms with E-state index in [-0.39, 0.29) is 5.96 Å². The lowest BCUT2D eigenvalue weighted by Crippen LogP contribution is -2.45. The average Bonchev–Trinajstić information content (AvgIpc) is 2.65. The molecule has 1 aliphatic heterocycles. The number of guanidine groups is 1. The predicted molar refractivity (Wildman–Crippen MR) is 52.5 cm³/mol. The molecule has 0 amide bonds. The molecule has 1 aliphatic carbocycles. The summed E-state index contributed by atoms with van der Waals surface area (Å²) in [5.74, 6) is 2.68. The van der Waals surface area contributed by atoms with Crippen molar-refractivity contribution < 1.29 is 0 Å². The highest BCUT2D eigenvalue weighted by Gasteiger charge is 2.36.